The van der Waals surface area contributed by atoms with Crippen LogP contribution in [0.15, 0.2) is 42.5 Å². The Morgan fingerprint density at radius 2 is 1.72 bits per heavy atom. The van der Waals surface area contributed by atoms with Gasteiger partial charge in [0, 0.05) is 12.0 Å². The number of amides is 1. The molecule has 0 aliphatic carbocycles. The number of esters is 1. The zero-order chi connectivity index (χ0) is 21.2. The average Bonchev–Trinajstić information content (AvgIpc) is 2.72. The Labute approximate surface area is 179 Å². The maximum Gasteiger partial charge on any atom is 0.306 e. The van der Waals surface area contributed by atoms with Crippen molar-refractivity contribution in [2.75, 3.05) is 18.5 Å². The lowest BCUT2D eigenvalue weighted by atomic mass is 10.1. The molecule has 2 aromatic rings. The molecule has 0 spiro atoms. The number of carbonyl (C=O) groups is 3. The van der Waals surface area contributed by atoms with E-state index in [-0.39, 0.29) is 23.6 Å². The topological polar surface area (TPSA) is 81.7 Å². The average molecular weight is 438 g/mol. The van der Waals surface area contributed by atoms with E-state index in [1.807, 2.05) is 6.92 Å². The number of nitrogens with one attached hydrogen (secondary N) is 1. The van der Waals surface area contributed by atoms with E-state index in [4.69, 9.17) is 32.7 Å². The minimum absolute atomic E-state index is 0.0181. The van der Waals surface area contributed by atoms with Crippen LogP contribution < -0.4 is 10.1 Å². The Hall–Kier alpha value is -2.57. The standard InChI is InChI=1S/C21H21Cl2NO5/c1-2-12-28-15-8-6-14(7-9-15)18(25)10-11-20(27)29-13-19(26)24-17-5-3-4-16(22)21(17)23/h3-9H,2,10-13H2,1H3,(H,24,26). The van der Waals surface area contributed by atoms with E-state index in [9.17, 15) is 14.4 Å². The normalized spacial score (nSPS) is 10.3. The van der Waals surface area contributed by atoms with Crippen LogP contribution in [-0.4, -0.2) is 30.9 Å². The highest BCUT2D eigenvalue weighted by molar-refractivity contribution is 6.44. The van der Waals surface area contributed by atoms with Gasteiger partial charge in [0.25, 0.3) is 5.91 Å². The first kappa shape index (κ1) is 22.7. The number of anilines is 1. The van der Waals surface area contributed by atoms with Crippen LogP contribution in [0.4, 0.5) is 5.69 Å². The molecule has 0 heterocycles. The molecule has 29 heavy (non-hydrogen) atoms. The predicted octanol–water partition coefficient (Wildman–Crippen LogP) is 4.93. The smallest absolute Gasteiger partial charge is 0.306 e. The molecule has 0 saturated heterocycles. The van der Waals surface area contributed by atoms with Gasteiger partial charge in [-0.1, -0.05) is 36.2 Å². The van der Waals surface area contributed by atoms with Crippen molar-refractivity contribution in [3.63, 3.8) is 0 Å². The van der Waals surface area contributed by atoms with Crippen LogP contribution in [0.1, 0.15) is 36.5 Å². The number of hydrogen-bond acceptors (Lipinski definition) is 5. The minimum Gasteiger partial charge on any atom is -0.494 e. The van der Waals surface area contributed by atoms with Crippen molar-refractivity contribution in [3.8, 4) is 5.75 Å². The fourth-order valence-corrected chi connectivity index (χ4v) is 2.67. The van der Waals surface area contributed by atoms with Crippen LogP contribution in [0, 0.1) is 0 Å². The van der Waals surface area contributed by atoms with Gasteiger partial charge in [0.15, 0.2) is 12.4 Å². The Balaban J connectivity index is 1.74. The molecule has 154 valence electrons. The van der Waals surface area contributed by atoms with E-state index < -0.39 is 18.5 Å². The molecule has 2 rings (SSSR count). The first-order chi connectivity index (χ1) is 13.9. The second-order valence-corrected chi connectivity index (χ2v) is 6.89. The summed E-state index contributed by atoms with van der Waals surface area (Å²) in [6, 6.07) is 11.5. The molecule has 0 saturated carbocycles. The van der Waals surface area contributed by atoms with Gasteiger partial charge in [-0.15, -0.1) is 0 Å². The lowest BCUT2D eigenvalue weighted by molar-refractivity contribution is -0.147. The molecular formula is C21H21Cl2NO5. The van der Waals surface area contributed by atoms with Gasteiger partial charge in [0.1, 0.15) is 5.75 Å². The molecule has 1 N–H and O–H groups in total. The van der Waals surface area contributed by atoms with Crippen molar-refractivity contribution in [1.29, 1.82) is 0 Å². The van der Waals surface area contributed by atoms with Gasteiger partial charge in [-0.05, 0) is 42.8 Å². The maximum absolute atomic E-state index is 12.2. The molecule has 0 bridgehead atoms. The number of Topliss-reactive ketones (excluding diaryl/α,β-unsaturated/α-hetero) is 1. The quantitative estimate of drug-likeness (QED) is 0.420. The van der Waals surface area contributed by atoms with Crippen molar-refractivity contribution >= 4 is 46.5 Å². The number of benzene rings is 2. The lowest BCUT2D eigenvalue weighted by Gasteiger charge is -2.09. The van der Waals surface area contributed by atoms with Gasteiger partial charge < -0.3 is 14.8 Å². The number of ether oxygens (including phenoxy) is 2. The summed E-state index contributed by atoms with van der Waals surface area (Å²) in [5, 5.41) is 3.00. The summed E-state index contributed by atoms with van der Waals surface area (Å²) in [4.78, 5) is 35.9. The molecule has 0 radical (unpaired) electrons. The third-order valence-corrected chi connectivity index (χ3v) is 4.61. The van der Waals surface area contributed by atoms with E-state index in [0.717, 1.165) is 6.42 Å². The minimum atomic E-state index is -0.645. The van der Waals surface area contributed by atoms with Crippen molar-refractivity contribution < 1.29 is 23.9 Å². The highest BCUT2D eigenvalue weighted by Crippen LogP contribution is 2.29. The summed E-state index contributed by atoms with van der Waals surface area (Å²) >= 11 is 11.8. The fourth-order valence-electron chi connectivity index (χ4n) is 2.32. The number of ketones is 1. The Morgan fingerprint density at radius 3 is 2.41 bits per heavy atom. The van der Waals surface area contributed by atoms with Crippen LogP contribution in [0.2, 0.25) is 10.0 Å². The van der Waals surface area contributed by atoms with Crippen LogP contribution in [-0.2, 0) is 14.3 Å². The van der Waals surface area contributed by atoms with Crippen LogP contribution >= 0.6 is 23.2 Å². The number of carbonyl (C=O) groups excluding carboxylic acids is 3. The van der Waals surface area contributed by atoms with E-state index in [1.54, 1.807) is 42.5 Å². The molecule has 0 aliphatic rings. The summed E-state index contributed by atoms with van der Waals surface area (Å²) in [6.07, 6.45) is 0.751. The van der Waals surface area contributed by atoms with Gasteiger partial charge in [0.2, 0.25) is 0 Å². The third-order valence-electron chi connectivity index (χ3n) is 3.80. The number of rotatable bonds is 10. The van der Waals surface area contributed by atoms with Crippen LogP contribution in [0.3, 0.4) is 0 Å². The van der Waals surface area contributed by atoms with Gasteiger partial charge in [-0.25, -0.2) is 0 Å². The van der Waals surface area contributed by atoms with Gasteiger partial charge in [-0.2, -0.15) is 0 Å². The van der Waals surface area contributed by atoms with E-state index >= 15 is 0 Å². The van der Waals surface area contributed by atoms with Crippen molar-refractivity contribution in [2.24, 2.45) is 0 Å². The molecule has 0 aliphatic heterocycles. The first-order valence-corrected chi connectivity index (χ1v) is 9.82. The first-order valence-electron chi connectivity index (χ1n) is 9.06. The highest BCUT2D eigenvalue weighted by atomic mass is 35.5. The van der Waals surface area contributed by atoms with Gasteiger partial charge in [0.05, 0.1) is 28.8 Å². The molecule has 0 atom stereocenters. The predicted molar refractivity (Wildman–Crippen MR) is 112 cm³/mol. The summed E-state index contributed by atoms with van der Waals surface area (Å²) in [6.45, 7) is 2.13. The van der Waals surface area contributed by atoms with Crippen molar-refractivity contribution in [2.45, 2.75) is 26.2 Å². The fraction of sp³-hybridized carbons (Fsp3) is 0.286. The molecular weight excluding hydrogens is 417 g/mol. The monoisotopic (exact) mass is 437 g/mol. The number of hydrogen-bond donors (Lipinski definition) is 1. The Bertz CT molecular complexity index is 868. The molecule has 8 heteroatoms. The summed E-state index contributed by atoms with van der Waals surface area (Å²) in [7, 11) is 0. The molecule has 0 fully saturated rings. The van der Waals surface area contributed by atoms with E-state index in [2.05, 4.69) is 5.32 Å². The van der Waals surface area contributed by atoms with Gasteiger partial charge in [-0.3, -0.25) is 14.4 Å². The summed E-state index contributed by atoms with van der Waals surface area (Å²) in [5.41, 5.74) is 0.803. The largest absolute Gasteiger partial charge is 0.494 e. The summed E-state index contributed by atoms with van der Waals surface area (Å²) in [5.74, 6) is -0.710. The van der Waals surface area contributed by atoms with Gasteiger partial charge >= 0.3 is 5.97 Å². The van der Waals surface area contributed by atoms with E-state index in [0.29, 0.717) is 28.6 Å². The second-order valence-electron chi connectivity index (χ2n) is 6.11. The lowest BCUT2D eigenvalue weighted by Crippen LogP contribution is -2.21. The maximum atomic E-state index is 12.2. The van der Waals surface area contributed by atoms with Crippen molar-refractivity contribution in [1.82, 2.24) is 0 Å². The molecule has 0 aromatic heterocycles. The zero-order valence-electron chi connectivity index (χ0n) is 15.9. The molecule has 0 unspecified atom stereocenters. The highest BCUT2D eigenvalue weighted by Gasteiger charge is 2.13. The Morgan fingerprint density at radius 1 is 1.00 bits per heavy atom. The van der Waals surface area contributed by atoms with E-state index in [1.165, 1.54) is 0 Å². The zero-order valence-corrected chi connectivity index (χ0v) is 17.4. The third kappa shape index (κ3) is 7.40. The molecule has 1 amide bonds. The Kier molecular flexibility index (Phi) is 8.96. The molecule has 6 nitrogen and oxygen atoms in total. The van der Waals surface area contributed by atoms with Crippen molar-refractivity contribution in [3.05, 3.63) is 58.1 Å². The van der Waals surface area contributed by atoms with Crippen LogP contribution in [0.25, 0.3) is 0 Å². The molecule has 2 aromatic carbocycles. The van der Waals surface area contributed by atoms with Crippen LogP contribution in [0.5, 0.6) is 5.75 Å². The number of halogens is 2. The SMILES string of the molecule is CCCOc1ccc(C(=O)CCC(=O)OCC(=O)Nc2cccc(Cl)c2Cl)cc1. The summed E-state index contributed by atoms with van der Waals surface area (Å²) < 4.78 is 10.4. The second kappa shape index (κ2) is 11.4.